The molecule has 1 fully saturated rings. The van der Waals surface area contributed by atoms with Crippen molar-refractivity contribution >= 4 is 11.7 Å². The quantitative estimate of drug-likeness (QED) is 0.790. The summed E-state index contributed by atoms with van der Waals surface area (Å²) >= 11 is 0. The molecule has 0 saturated carbocycles. The number of hydrogen-bond acceptors (Lipinski definition) is 6. The third-order valence-electron chi connectivity index (χ3n) is 6.22. The minimum absolute atomic E-state index is 0.190. The van der Waals surface area contributed by atoms with Crippen LogP contribution in [0.4, 0.5) is 5.82 Å². The monoisotopic (exact) mass is 409 g/mol. The summed E-state index contributed by atoms with van der Waals surface area (Å²) in [6.07, 6.45) is 3.07. The lowest BCUT2D eigenvalue weighted by Crippen LogP contribution is -2.30. The van der Waals surface area contributed by atoms with Gasteiger partial charge in [0.2, 0.25) is 5.91 Å². The molecule has 2 aromatic rings. The van der Waals surface area contributed by atoms with Crippen molar-refractivity contribution in [2.75, 3.05) is 46.2 Å². The number of methoxy groups -OCH3 is 1. The molecular formula is C23H31N5O2. The van der Waals surface area contributed by atoms with Crippen molar-refractivity contribution in [1.82, 2.24) is 19.8 Å². The van der Waals surface area contributed by atoms with Crippen molar-refractivity contribution in [2.45, 2.75) is 38.1 Å². The standard InChI is InChI=1S/C23H31N5O2/c1-24-23-18-11-12-27(2)15-19(18)25-22(26-23)17-10-13-28(14-17)21(29)9-8-16-6-4-5-7-20(16)30-3/h4-7,17H,8-15H2,1-3H3,(H,24,25,26)/t17-/m0/s1. The molecule has 1 atom stereocenters. The van der Waals surface area contributed by atoms with Gasteiger partial charge in [0, 0.05) is 51.1 Å². The van der Waals surface area contributed by atoms with Crippen LogP contribution in [0, 0.1) is 0 Å². The first-order chi connectivity index (χ1) is 14.6. The number of nitrogens with zero attached hydrogens (tertiary/aromatic N) is 4. The Labute approximate surface area is 178 Å². The minimum atomic E-state index is 0.190. The smallest absolute Gasteiger partial charge is 0.222 e. The van der Waals surface area contributed by atoms with Gasteiger partial charge >= 0.3 is 0 Å². The van der Waals surface area contributed by atoms with Gasteiger partial charge in [0.1, 0.15) is 17.4 Å². The van der Waals surface area contributed by atoms with Crippen LogP contribution in [0.3, 0.4) is 0 Å². The summed E-state index contributed by atoms with van der Waals surface area (Å²) in [5.41, 5.74) is 3.44. The Morgan fingerprint density at radius 1 is 1.27 bits per heavy atom. The molecule has 0 spiro atoms. The number of nitrogens with one attached hydrogen (secondary N) is 1. The van der Waals surface area contributed by atoms with Gasteiger partial charge in [-0.2, -0.15) is 0 Å². The van der Waals surface area contributed by atoms with Gasteiger partial charge in [0.15, 0.2) is 0 Å². The van der Waals surface area contributed by atoms with E-state index in [2.05, 4.69) is 17.3 Å². The van der Waals surface area contributed by atoms with E-state index in [1.807, 2.05) is 36.2 Å². The van der Waals surface area contributed by atoms with Crippen LogP contribution in [0.5, 0.6) is 5.75 Å². The number of likely N-dealkylation sites (N-methyl/N-ethyl adjacent to an activating group) is 1. The molecule has 1 saturated heterocycles. The van der Waals surface area contributed by atoms with Gasteiger partial charge in [-0.25, -0.2) is 9.97 Å². The highest BCUT2D eigenvalue weighted by molar-refractivity contribution is 5.77. The van der Waals surface area contributed by atoms with Gasteiger partial charge in [-0.05, 0) is 37.9 Å². The van der Waals surface area contributed by atoms with Crippen molar-refractivity contribution in [3.05, 3.63) is 46.9 Å². The summed E-state index contributed by atoms with van der Waals surface area (Å²) < 4.78 is 5.40. The molecule has 30 heavy (non-hydrogen) atoms. The predicted molar refractivity (Wildman–Crippen MR) is 117 cm³/mol. The van der Waals surface area contributed by atoms with Crippen LogP contribution >= 0.6 is 0 Å². The maximum atomic E-state index is 12.8. The van der Waals surface area contributed by atoms with E-state index in [-0.39, 0.29) is 11.8 Å². The van der Waals surface area contributed by atoms with Crippen LogP contribution in [0.2, 0.25) is 0 Å². The third-order valence-corrected chi connectivity index (χ3v) is 6.22. The van der Waals surface area contributed by atoms with E-state index in [0.717, 1.165) is 61.1 Å². The summed E-state index contributed by atoms with van der Waals surface area (Å²) in [6, 6.07) is 7.90. The zero-order valence-corrected chi connectivity index (χ0v) is 18.1. The second-order valence-electron chi connectivity index (χ2n) is 8.23. The Morgan fingerprint density at radius 3 is 2.90 bits per heavy atom. The Morgan fingerprint density at radius 2 is 2.10 bits per heavy atom. The van der Waals surface area contributed by atoms with E-state index in [0.29, 0.717) is 19.4 Å². The van der Waals surface area contributed by atoms with Crippen LogP contribution in [0.15, 0.2) is 24.3 Å². The van der Waals surface area contributed by atoms with Crippen molar-refractivity contribution in [1.29, 1.82) is 0 Å². The number of aryl methyl sites for hydroxylation is 1. The van der Waals surface area contributed by atoms with Crippen molar-refractivity contribution in [3.63, 3.8) is 0 Å². The Kier molecular flexibility index (Phi) is 6.18. The summed E-state index contributed by atoms with van der Waals surface area (Å²) in [4.78, 5) is 26.8. The number of ether oxygens (including phenoxy) is 1. The van der Waals surface area contributed by atoms with Crippen molar-refractivity contribution in [3.8, 4) is 5.75 Å². The van der Waals surface area contributed by atoms with Crippen molar-refractivity contribution < 1.29 is 9.53 Å². The molecule has 0 radical (unpaired) electrons. The molecule has 4 rings (SSSR count). The molecule has 1 aromatic heterocycles. The molecule has 1 aromatic carbocycles. The average Bonchev–Trinajstić information content (AvgIpc) is 3.27. The number of benzene rings is 1. The zero-order valence-electron chi connectivity index (χ0n) is 18.1. The summed E-state index contributed by atoms with van der Waals surface area (Å²) in [6.45, 7) is 3.35. The summed E-state index contributed by atoms with van der Waals surface area (Å²) in [7, 11) is 5.72. The third kappa shape index (κ3) is 4.26. The molecule has 2 aliphatic heterocycles. The van der Waals surface area contributed by atoms with Gasteiger partial charge < -0.3 is 19.9 Å². The molecule has 0 unspecified atom stereocenters. The number of aromatic nitrogens is 2. The molecule has 7 heteroatoms. The van der Waals surface area contributed by atoms with Crippen LogP contribution in [-0.2, 0) is 24.2 Å². The minimum Gasteiger partial charge on any atom is -0.496 e. The van der Waals surface area contributed by atoms with E-state index in [4.69, 9.17) is 14.7 Å². The lowest BCUT2D eigenvalue weighted by molar-refractivity contribution is -0.130. The Bertz CT molecular complexity index is 916. The largest absolute Gasteiger partial charge is 0.496 e. The fourth-order valence-electron chi connectivity index (χ4n) is 4.48. The molecule has 3 heterocycles. The molecule has 1 N–H and O–H groups in total. The number of hydrogen-bond donors (Lipinski definition) is 1. The van der Waals surface area contributed by atoms with Gasteiger partial charge in [0.25, 0.3) is 0 Å². The zero-order chi connectivity index (χ0) is 21.1. The number of carbonyl (C=O) groups excluding carboxylic acids is 1. The fourth-order valence-corrected chi connectivity index (χ4v) is 4.48. The number of likely N-dealkylation sites (tertiary alicyclic amines) is 1. The molecule has 0 bridgehead atoms. The molecule has 1 amide bonds. The Balaban J connectivity index is 1.42. The molecule has 0 aliphatic carbocycles. The highest BCUT2D eigenvalue weighted by Gasteiger charge is 2.31. The highest BCUT2D eigenvalue weighted by atomic mass is 16.5. The molecule has 7 nitrogen and oxygen atoms in total. The van der Waals surface area contributed by atoms with Crippen LogP contribution < -0.4 is 10.1 Å². The number of para-hydroxylation sites is 1. The van der Waals surface area contributed by atoms with Gasteiger partial charge in [-0.15, -0.1) is 0 Å². The summed E-state index contributed by atoms with van der Waals surface area (Å²) in [5, 5.41) is 3.26. The van der Waals surface area contributed by atoms with Crippen molar-refractivity contribution in [2.24, 2.45) is 0 Å². The molecular weight excluding hydrogens is 378 g/mol. The van der Waals surface area contributed by atoms with Crippen LogP contribution in [0.25, 0.3) is 0 Å². The first kappa shape index (κ1) is 20.6. The molecule has 2 aliphatic rings. The van der Waals surface area contributed by atoms with E-state index < -0.39 is 0 Å². The molecule has 160 valence electrons. The first-order valence-corrected chi connectivity index (χ1v) is 10.7. The number of carbonyl (C=O) groups is 1. The van der Waals surface area contributed by atoms with E-state index in [9.17, 15) is 4.79 Å². The maximum Gasteiger partial charge on any atom is 0.222 e. The normalized spacial score (nSPS) is 18.9. The van der Waals surface area contributed by atoms with Gasteiger partial charge in [-0.1, -0.05) is 18.2 Å². The lowest BCUT2D eigenvalue weighted by atomic mass is 10.0. The maximum absolute atomic E-state index is 12.8. The second kappa shape index (κ2) is 9.00. The van der Waals surface area contributed by atoms with Crippen LogP contribution in [0.1, 0.15) is 41.4 Å². The fraction of sp³-hybridized carbons (Fsp3) is 0.522. The summed E-state index contributed by atoms with van der Waals surface area (Å²) in [5.74, 6) is 3.05. The second-order valence-corrected chi connectivity index (χ2v) is 8.23. The topological polar surface area (TPSA) is 70.6 Å². The number of amides is 1. The van der Waals surface area contributed by atoms with Gasteiger partial charge in [0.05, 0.1) is 12.8 Å². The Hall–Kier alpha value is -2.67. The predicted octanol–water partition coefficient (Wildman–Crippen LogP) is 2.46. The number of rotatable bonds is 6. The van der Waals surface area contributed by atoms with E-state index in [1.165, 1.54) is 5.56 Å². The van der Waals surface area contributed by atoms with Crippen LogP contribution in [-0.4, -0.2) is 66.5 Å². The number of fused-ring (bicyclic) bond motifs is 1. The van der Waals surface area contributed by atoms with Gasteiger partial charge in [-0.3, -0.25) is 4.79 Å². The first-order valence-electron chi connectivity index (χ1n) is 10.7. The van der Waals surface area contributed by atoms with E-state index in [1.54, 1.807) is 7.11 Å². The lowest BCUT2D eigenvalue weighted by Gasteiger charge is -2.26. The average molecular weight is 410 g/mol. The SMILES string of the molecule is CNc1nc([C@H]2CCN(C(=O)CCc3ccccc3OC)C2)nc2c1CCN(C)C2. The van der Waals surface area contributed by atoms with E-state index >= 15 is 0 Å². The highest BCUT2D eigenvalue weighted by Crippen LogP contribution is 2.30. The number of anilines is 1.